The number of hydrogen-bond acceptors (Lipinski definition) is 4. The van der Waals surface area contributed by atoms with Gasteiger partial charge in [0.25, 0.3) is 0 Å². The predicted molar refractivity (Wildman–Crippen MR) is 96.6 cm³/mol. The van der Waals surface area contributed by atoms with Crippen molar-refractivity contribution in [2.75, 3.05) is 5.73 Å². The normalized spacial score (nSPS) is 11.0. The summed E-state index contributed by atoms with van der Waals surface area (Å²) < 4.78 is 2.04. The van der Waals surface area contributed by atoms with Gasteiger partial charge in [-0.05, 0) is 23.3 Å². The molecule has 2 heterocycles. The van der Waals surface area contributed by atoms with Crippen molar-refractivity contribution in [1.29, 1.82) is 0 Å². The lowest BCUT2D eigenvalue weighted by molar-refractivity contribution is 1.07. The number of hydrogen-bond donors (Lipinski definition) is 2. The fourth-order valence-corrected chi connectivity index (χ4v) is 2.91. The summed E-state index contributed by atoms with van der Waals surface area (Å²) in [6.45, 7) is 0.525. The maximum absolute atomic E-state index is 6.16. The van der Waals surface area contributed by atoms with Gasteiger partial charge in [0.1, 0.15) is 12.1 Å². The van der Waals surface area contributed by atoms with Crippen molar-refractivity contribution >= 4 is 16.9 Å². The third-order valence-corrected chi connectivity index (χ3v) is 4.15. The molecule has 0 radical (unpaired) electrons. The Morgan fingerprint density at radius 1 is 0.917 bits per heavy atom. The smallest absolute Gasteiger partial charge is 0.150 e. The molecule has 4 N–H and O–H groups in total. The monoisotopic (exact) mass is 315 g/mol. The Kier molecular flexibility index (Phi) is 3.48. The molecule has 4 rings (SSSR count). The van der Waals surface area contributed by atoms with Crippen LogP contribution in [0.15, 0.2) is 67.1 Å². The van der Waals surface area contributed by atoms with E-state index in [1.807, 2.05) is 47.0 Å². The minimum absolute atomic E-state index is 0.479. The molecular weight excluding hydrogens is 298 g/mol. The fourth-order valence-electron chi connectivity index (χ4n) is 2.91. The number of nitrogens with zero attached hydrogens (tertiary/aromatic N) is 3. The average molecular weight is 315 g/mol. The molecule has 0 amide bonds. The molecule has 0 saturated carbocycles. The van der Waals surface area contributed by atoms with Gasteiger partial charge in [-0.1, -0.05) is 42.5 Å². The van der Waals surface area contributed by atoms with Crippen LogP contribution in [0.3, 0.4) is 0 Å². The lowest BCUT2D eigenvalue weighted by Crippen LogP contribution is -1.96. The summed E-state index contributed by atoms with van der Waals surface area (Å²) in [5.74, 6) is 0.479. The van der Waals surface area contributed by atoms with Crippen molar-refractivity contribution in [3.63, 3.8) is 0 Å². The Morgan fingerprint density at radius 3 is 2.38 bits per heavy atom. The van der Waals surface area contributed by atoms with Crippen LogP contribution in [-0.2, 0) is 6.54 Å². The Morgan fingerprint density at radius 2 is 1.67 bits per heavy atom. The number of nitrogen functional groups attached to an aromatic ring is 1. The minimum atomic E-state index is 0.479. The van der Waals surface area contributed by atoms with Crippen LogP contribution in [0.5, 0.6) is 0 Å². The molecule has 0 saturated heterocycles. The third kappa shape index (κ3) is 2.31. The Labute approximate surface area is 139 Å². The molecule has 0 fully saturated rings. The van der Waals surface area contributed by atoms with E-state index in [0.717, 1.165) is 33.4 Å². The zero-order valence-corrected chi connectivity index (χ0v) is 13.1. The van der Waals surface area contributed by atoms with Crippen LogP contribution >= 0.6 is 0 Å². The third-order valence-electron chi connectivity index (χ3n) is 4.15. The highest BCUT2D eigenvalue weighted by atomic mass is 15.1. The second kappa shape index (κ2) is 5.79. The van der Waals surface area contributed by atoms with Gasteiger partial charge < -0.3 is 16.0 Å². The van der Waals surface area contributed by atoms with Crippen molar-refractivity contribution in [1.82, 2.24) is 14.5 Å². The summed E-state index contributed by atoms with van der Waals surface area (Å²) >= 11 is 0. The molecule has 0 aliphatic heterocycles. The topological polar surface area (TPSA) is 82.8 Å². The van der Waals surface area contributed by atoms with Crippen molar-refractivity contribution in [3.05, 3.63) is 72.7 Å². The van der Waals surface area contributed by atoms with Gasteiger partial charge in [-0.3, -0.25) is 0 Å². The van der Waals surface area contributed by atoms with E-state index in [1.165, 1.54) is 6.33 Å². The maximum Gasteiger partial charge on any atom is 0.150 e. The van der Waals surface area contributed by atoms with Crippen LogP contribution in [-0.4, -0.2) is 14.5 Å². The molecule has 0 aliphatic carbocycles. The second-order valence-corrected chi connectivity index (χ2v) is 5.61. The first kappa shape index (κ1) is 14.4. The molecule has 2 aromatic heterocycles. The van der Waals surface area contributed by atoms with Gasteiger partial charge >= 0.3 is 0 Å². The first-order valence-electron chi connectivity index (χ1n) is 7.74. The first-order chi connectivity index (χ1) is 11.8. The van der Waals surface area contributed by atoms with E-state index in [-0.39, 0.29) is 0 Å². The molecule has 0 spiro atoms. The molecule has 0 atom stereocenters. The highest BCUT2D eigenvalue weighted by Gasteiger charge is 2.15. The fraction of sp³-hybridized carbons (Fsp3) is 0.0526. The molecule has 5 nitrogen and oxygen atoms in total. The summed E-state index contributed by atoms with van der Waals surface area (Å²) in [6, 6.07) is 18.2. The van der Waals surface area contributed by atoms with E-state index in [2.05, 4.69) is 28.3 Å². The van der Waals surface area contributed by atoms with Gasteiger partial charge in [0.05, 0.1) is 5.39 Å². The molecule has 0 aliphatic rings. The van der Waals surface area contributed by atoms with Crippen LogP contribution in [0.25, 0.3) is 27.8 Å². The highest BCUT2D eigenvalue weighted by Crippen LogP contribution is 2.34. The highest BCUT2D eigenvalue weighted by molar-refractivity contribution is 6.01. The van der Waals surface area contributed by atoms with Gasteiger partial charge in [-0.2, -0.15) is 0 Å². The molecule has 0 unspecified atom stereocenters. The maximum atomic E-state index is 6.16. The van der Waals surface area contributed by atoms with Crippen molar-refractivity contribution in [2.24, 2.45) is 5.73 Å². The molecule has 24 heavy (non-hydrogen) atoms. The van der Waals surface area contributed by atoms with E-state index in [0.29, 0.717) is 12.4 Å². The minimum Gasteiger partial charge on any atom is -0.383 e. The molecule has 2 aromatic carbocycles. The Bertz CT molecular complexity index is 988. The summed E-state index contributed by atoms with van der Waals surface area (Å²) in [6.07, 6.45) is 3.56. The number of para-hydroxylation sites is 1. The number of benzene rings is 2. The average Bonchev–Trinajstić information content (AvgIpc) is 3.04. The molecular formula is C19H17N5. The van der Waals surface area contributed by atoms with Crippen LogP contribution in [0.1, 0.15) is 5.56 Å². The van der Waals surface area contributed by atoms with Crippen molar-refractivity contribution < 1.29 is 0 Å². The largest absolute Gasteiger partial charge is 0.383 e. The van der Waals surface area contributed by atoms with Crippen molar-refractivity contribution in [3.8, 4) is 16.8 Å². The summed E-state index contributed by atoms with van der Waals surface area (Å²) in [5, 5.41) is 0.863. The molecule has 4 aromatic rings. The van der Waals surface area contributed by atoms with E-state index in [1.54, 1.807) is 0 Å². The Hall–Kier alpha value is -3.18. The SMILES string of the molecule is NCc1ccc(-c2cn(-c3ccccc3)c3ncnc(N)c23)cc1. The van der Waals surface area contributed by atoms with Crippen LogP contribution in [0.2, 0.25) is 0 Å². The van der Waals surface area contributed by atoms with E-state index in [4.69, 9.17) is 11.5 Å². The number of nitrogens with two attached hydrogens (primary N) is 2. The number of fused-ring (bicyclic) bond motifs is 1. The number of anilines is 1. The van der Waals surface area contributed by atoms with Crippen molar-refractivity contribution in [2.45, 2.75) is 6.54 Å². The lowest BCUT2D eigenvalue weighted by atomic mass is 10.0. The standard InChI is InChI=1S/C19H17N5/c20-10-13-6-8-14(9-7-13)16-11-24(15-4-2-1-3-5-15)19-17(16)18(21)22-12-23-19/h1-9,11-12H,10,20H2,(H2,21,22,23). The van der Waals surface area contributed by atoms with Crippen LogP contribution in [0.4, 0.5) is 5.82 Å². The second-order valence-electron chi connectivity index (χ2n) is 5.61. The van der Waals surface area contributed by atoms with Gasteiger partial charge in [0, 0.05) is 24.0 Å². The zero-order valence-electron chi connectivity index (χ0n) is 13.1. The summed E-state index contributed by atoms with van der Waals surface area (Å²) in [7, 11) is 0. The molecule has 118 valence electrons. The molecule has 5 heteroatoms. The van der Waals surface area contributed by atoms with Crippen LogP contribution < -0.4 is 11.5 Å². The first-order valence-corrected chi connectivity index (χ1v) is 7.74. The van der Waals surface area contributed by atoms with E-state index in [9.17, 15) is 0 Å². The van der Waals surface area contributed by atoms with Gasteiger partial charge in [0.15, 0.2) is 5.65 Å². The lowest BCUT2D eigenvalue weighted by Gasteiger charge is -2.03. The van der Waals surface area contributed by atoms with E-state index < -0.39 is 0 Å². The summed E-state index contributed by atoms with van der Waals surface area (Å²) in [4.78, 5) is 8.62. The number of aromatic nitrogens is 3. The predicted octanol–water partition coefficient (Wildman–Crippen LogP) is 3.13. The van der Waals surface area contributed by atoms with Gasteiger partial charge in [0.2, 0.25) is 0 Å². The van der Waals surface area contributed by atoms with Crippen LogP contribution in [0, 0.1) is 0 Å². The van der Waals surface area contributed by atoms with Gasteiger partial charge in [-0.25, -0.2) is 9.97 Å². The van der Waals surface area contributed by atoms with Gasteiger partial charge in [-0.15, -0.1) is 0 Å². The molecule has 0 bridgehead atoms. The number of rotatable bonds is 3. The Balaban J connectivity index is 1.98. The zero-order chi connectivity index (χ0) is 16.5. The van der Waals surface area contributed by atoms with E-state index >= 15 is 0 Å². The summed E-state index contributed by atoms with van der Waals surface area (Å²) in [5.41, 5.74) is 16.8. The quantitative estimate of drug-likeness (QED) is 0.608.